The molecule has 1 aliphatic heterocycles. The van der Waals surface area contributed by atoms with Crippen molar-refractivity contribution in [1.82, 2.24) is 9.03 Å². The monoisotopic (exact) mass is 294 g/mol. The van der Waals surface area contributed by atoms with E-state index in [4.69, 9.17) is 5.11 Å². The first-order valence-corrected chi connectivity index (χ1v) is 7.37. The van der Waals surface area contributed by atoms with E-state index < -0.39 is 22.3 Å². The fraction of sp³-hybridized carbons (Fsp3) is 0.800. The fourth-order valence-corrected chi connectivity index (χ4v) is 3.09. The Balaban J connectivity index is 2.44. The van der Waals surface area contributed by atoms with E-state index >= 15 is 0 Å². The quantitative estimate of drug-likeness (QED) is 0.747. The number of carboxylic acid groups (broad SMARTS) is 1. The van der Waals surface area contributed by atoms with Gasteiger partial charge in [0, 0.05) is 19.5 Å². The molecule has 1 saturated heterocycles. The van der Waals surface area contributed by atoms with Crippen molar-refractivity contribution in [3.05, 3.63) is 0 Å². The Morgan fingerprint density at radius 1 is 1.37 bits per heavy atom. The van der Waals surface area contributed by atoms with E-state index in [1.807, 2.05) is 0 Å². The molecule has 0 spiro atoms. The van der Waals surface area contributed by atoms with E-state index in [0.717, 1.165) is 7.11 Å². The van der Waals surface area contributed by atoms with Crippen molar-refractivity contribution in [2.75, 3.05) is 20.2 Å². The molecule has 1 heterocycles. The topological polar surface area (TPSA) is 113 Å². The largest absolute Gasteiger partial charge is 0.481 e. The fourth-order valence-electron chi connectivity index (χ4n) is 1.98. The predicted octanol–water partition coefficient (Wildman–Crippen LogP) is 0.164. The van der Waals surface area contributed by atoms with Crippen LogP contribution < -0.4 is 4.72 Å². The molecule has 1 rings (SSSR count). The first kappa shape index (κ1) is 15.7. The third kappa shape index (κ3) is 5.03. The number of piperidine rings is 1. The van der Waals surface area contributed by atoms with Crippen molar-refractivity contribution < 1.29 is 27.9 Å². The molecule has 0 radical (unpaired) electrons. The summed E-state index contributed by atoms with van der Waals surface area (Å²) in [6, 6.07) is 0. The second-order valence-corrected chi connectivity index (χ2v) is 6.04. The third-order valence-corrected chi connectivity index (χ3v) is 4.55. The summed E-state index contributed by atoms with van der Waals surface area (Å²) in [6.45, 7) is 0.549. The van der Waals surface area contributed by atoms with Gasteiger partial charge in [0.25, 0.3) is 0 Å². The Hall–Kier alpha value is -1.35. The second kappa shape index (κ2) is 6.71. The molecule has 1 fully saturated rings. The van der Waals surface area contributed by atoms with E-state index in [-0.39, 0.29) is 25.4 Å². The standard InChI is InChI=1S/C10H18N2O6S/c1-18-10(15)11-19(16,17)12-6-4-8(5-7-12)2-3-9(13)14/h8H,2-7H2,1H3,(H,11,15)(H,13,14). The zero-order valence-corrected chi connectivity index (χ0v) is 11.5. The number of nitrogens with zero attached hydrogens (tertiary/aromatic N) is 1. The zero-order valence-electron chi connectivity index (χ0n) is 10.7. The molecule has 0 aliphatic carbocycles. The SMILES string of the molecule is COC(=O)NS(=O)(=O)N1CCC(CCC(=O)O)CC1. The average molecular weight is 294 g/mol. The maximum Gasteiger partial charge on any atom is 0.421 e. The summed E-state index contributed by atoms with van der Waals surface area (Å²) in [6.07, 6.45) is 0.809. The number of nitrogens with one attached hydrogen (secondary N) is 1. The van der Waals surface area contributed by atoms with Crippen LogP contribution in [0.3, 0.4) is 0 Å². The molecule has 0 saturated carbocycles. The van der Waals surface area contributed by atoms with Crippen LogP contribution in [0.1, 0.15) is 25.7 Å². The Kier molecular flexibility index (Phi) is 5.55. The van der Waals surface area contributed by atoms with Gasteiger partial charge in [-0.1, -0.05) is 0 Å². The number of aliphatic carboxylic acids is 1. The number of methoxy groups -OCH3 is 1. The summed E-state index contributed by atoms with van der Waals surface area (Å²) in [5, 5.41) is 8.58. The van der Waals surface area contributed by atoms with Gasteiger partial charge < -0.3 is 9.84 Å². The molecule has 1 amide bonds. The molecular weight excluding hydrogens is 276 g/mol. The Morgan fingerprint density at radius 2 is 1.95 bits per heavy atom. The lowest BCUT2D eigenvalue weighted by molar-refractivity contribution is -0.137. The number of carbonyl (C=O) groups excluding carboxylic acids is 1. The molecule has 110 valence electrons. The van der Waals surface area contributed by atoms with Crippen molar-refractivity contribution in [2.24, 2.45) is 5.92 Å². The summed E-state index contributed by atoms with van der Waals surface area (Å²) in [7, 11) is -2.77. The number of hydrogen-bond acceptors (Lipinski definition) is 5. The van der Waals surface area contributed by atoms with Crippen LogP contribution in [-0.4, -0.2) is 50.1 Å². The van der Waals surface area contributed by atoms with Gasteiger partial charge in [0.15, 0.2) is 0 Å². The van der Waals surface area contributed by atoms with E-state index in [9.17, 15) is 18.0 Å². The molecule has 0 aromatic heterocycles. The van der Waals surface area contributed by atoms with Crippen molar-refractivity contribution in [3.63, 3.8) is 0 Å². The number of carbonyl (C=O) groups is 2. The van der Waals surface area contributed by atoms with Gasteiger partial charge in [0.05, 0.1) is 7.11 Å². The maximum absolute atomic E-state index is 11.7. The number of carboxylic acids is 1. The Labute approximate surface area is 111 Å². The zero-order chi connectivity index (χ0) is 14.5. The maximum atomic E-state index is 11.7. The van der Waals surface area contributed by atoms with E-state index in [2.05, 4.69) is 4.74 Å². The normalized spacial score (nSPS) is 17.9. The van der Waals surface area contributed by atoms with Crippen LogP contribution in [0.2, 0.25) is 0 Å². The molecule has 0 bridgehead atoms. The predicted molar refractivity (Wildman–Crippen MR) is 65.6 cm³/mol. The van der Waals surface area contributed by atoms with Gasteiger partial charge in [-0.3, -0.25) is 4.79 Å². The number of ether oxygens (including phenoxy) is 1. The lowest BCUT2D eigenvalue weighted by Crippen LogP contribution is -2.46. The molecule has 2 N–H and O–H groups in total. The minimum atomic E-state index is -3.86. The van der Waals surface area contributed by atoms with E-state index in [0.29, 0.717) is 19.3 Å². The van der Waals surface area contributed by atoms with E-state index in [1.165, 1.54) is 4.31 Å². The second-order valence-electron chi connectivity index (χ2n) is 4.37. The number of amides is 1. The molecule has 8 nitrogen and oxygen atoms in total. The van der Waals surface area contributed by atoms with Crippen LogP contribution in [0, 0.1) is 5.92 Å². The number of hydrogen-bond donors (Lipinski definition) is 2. The summed E-state index contributed by atoms with van der Waals surface area (Å²) in [4.78, 5) is 21.4. The molecule has 0 aromatic rings. The van der Waals surface area contributed by atoms with E-state index in [1.54, 1.807) is 4.72 Å². The van der Waals surface area contributed by atoms with Crippen LogP contribution in [0.15, 0.2) is 0 Å². The van der Waals surface area contributed by atoms with Gasteiger partial charge in [0.2, 0.25) is 0 Å². The summed E-state index contributed by atoms with van der Waals surface area (Å²) < 4.78 is 30.7. The molecule has 19 heavy (non-hydrogen) atoms. The summed E-state index contributed by atoms with van der Waals surface area (Å²) in [5.41, 5.74) is 0. The van der Waals surface area contributed by atoms with Gasteiger partial charge >= 0.3 is 22.3 Å². The highest BCUT2D eigenvalue weighted by Crippen LogP contribution is 2.23. The van der Waals surface area contributed by atoms with Gasteiger partial charge in [-0.05, 0) is 25.2 Å². The molecule has 0 aromatic carbocycles. The highest BCUT2D eigenvalue weighted by molar-refractivity contribution is 7.87. The number of rotatable bonds is 5. The van der Waals surface area contributed by atoms with Gasteiger partial charge in [-0.25, -0.2) is 9.52 Å². The van der Waals surface area contributed by atoms with Crippen molar-refractivity contribution in [2.45, 2.75) is 25.7 Å². The summed E-state index contributed by atoms with van der Waals surface area (Å²) in [5.74, 6) is -0.636. The minimum absolute atomic E-state index is 0.0951. The molecule has 0 unspecified atom stereocenters. The van der Waals surface area contributed by atoms with Crippen LogP contribution in [-0.2, 0) is 19.7 Å². The van der Waals surface area contributed by atoms with Crippen molar-refractivity contribution in [1.29, 1.82) is 0 Å². The highest BCUT2D eigenvalue weighted by atomic mass is 32.2. The minimum Gasteiger partial charge on any atom is -0.481 e. The van der Waals surface area contributed by atoms with Crippen LogP contribution in [0.5, 0.6) is 0 Å². The third-order valence-electron chi connectivity index (χ3n) is 3.08. The Morgan fingerprint density at radius 3 is 2.42 bits per heavy atom. The van der Waals surface area contributed by atoms with Crippen molar-refractivity contribution >= 4 is 22.3 Å². The lowest BCUT2D eigenvalue weighted by atomic mass is 9.93. The Bertz CT molecular complexity index is 427. The van der Waals surface area contributed by atoms with Gasteiger partial charge in [0.1, 0.15) is 0 Å². The summed E-state index contributed by atoms with van der Waals surface area (Å²) >= 11 is 0. The molecule has 9 heteroatoms. The van der Waals surface area contributed by atoms with Crippen LogP contribution in [0.4, 0.5) is 4.79 Å². The van der Waals surface area contributed by atoms with Gasteiger partial charge in [-0.15, -0.1) is 0 Å². The van der Waals surface area contributed by atoms with Crippen LogP contribution in [0.25, 0.3) is 0 Å². The first-order valence-electron chi connectivity index (χ1n) is 5.93. The molecular formula is C10H18N2O6S. The first-order chi connectivity index (χ1) is 8.85. The smallest absolute Gasteiger partial charge is 0.421 e. The lowest BCUT2D eigenvalue weighted by Gasteiger charge is -2.30. The van der Waals surface area contributed by atoms with Crippen LogP contribution >= 0.6 is 0 Å². The molecule has 1 aliphatic rings. The average Bonchev–Trinajstić information content (AvgIpc) is 2.36. The molecule has 0 atom stereocenters. The highest BCUT2D eigenvalue weighted by Gasteiger charge is 2.29. The van der Waals surface area contributed by atoms with Crippen molar-refractivity contribution in [3.8, 4) is 0 Å². The van der Waals surface area contributed by atoms with Gasteiger partial charge in [-0.2, -0.15) is 12.7 Å².